The average Bonchev–Trinajstić information content (AvgIpc) is 2.94. The SMILES string of the molecule is CSC1(CNC(=O)[C@@H](N)c2ccccc2)CCCC1. The van der Waals surface area contributed by atoms with Crippen molar-refractivity contribution in [1.82, 2.24) is 5.32 Å². The molecule has 19 heavy (non-hydrogen) atoms. The van der Waals surface area contributed by atoms with Gasteiger partial charge in [0.05, 0.1) is 0 Å². The van der Waals surface area contributed by atoms with E-state index in [9.17, 15) is 4.79 Å². The number of amides is 1. The van der Waals surface area contributed by atoms with Crippen molar-refractivity contribution in [2.24, 2.45) is 5.73 Å². The van der Waals surface area contributed by atoms with Crippen molar-refractivity contribution in [3.8, 4) is 0 Å². The van der Waals surface area contributed by atoms with E-state index >= 15 is 0 Å². The Hall–Kier alpha value is -1.00. The van der Waals surface area contributed by atoms with Crippen LogP contribution in [-0.2, 0) is 4.79 Å². The van der Waals surface area contributed by atoms with Gasteiger partial charge < -0.3 is 11.1 Å². The van der Waals surface area contributed by atoms with Gasteiger partial charge in [-0.05, 0) is 24.7 Å². The van der Waals surface area contributed by atoms with Gasteiger partial charge in [0, 0.05) is 11.3 Å². The van der Waals surface area contributed by atoms with Crippen molar-refractivity contribution in [2.75, 3.05) is 12.8 Å². The summed E-state index contributed by atoms with van der Waals surface area (Å²) in [7, 11) is 0. The monoisotopic (exact) mass is 278 g/mol. The molecule has 0 saturated heterocycles. The van der Waals surface area contributed by atoms with Gasteiger partial charge in [0.1, 0.15) is 6.04 Å². The number of carbonyl (C=O) groups is 1. The molecule has 4 heteroatoms. The van der Waals surface area contributed by atoms with E-state index in [-0.39, 0.29) is 10.7 Å². The highest BCUT2D eigenvalue weighted by Crippen LogP contribution is 2.39. The first kappa shape index (κ1) is 14.4. The second-order valence-electron chi connectivity index (χ2n) is 5.20. The fraction of sp³-hybridized carbons (Fsp3) is 0.533. The lowest BCUT2D eigenvalue weighted by molar-refractivity contribution is -0.122. The van der Waals surface area contributed by atoms with Crippen LogP contribution in [0.5, 0.6) is 0 Å². The molecule has 1 aliphatic rings. The summed E-state index contributed by atoms with van der Waals surface area (Å²) in [6.07, 6.45) is 7.04. The maximum Gasteiger partial charge on any atom is 0.241 e. The van der Waals surface area contributed by atoms with Crippen molar-refractivity contribution in [2.45, 2.75) is 36.5 Å². The summed E-state index contributed by atoms with van der Waals surface area (Å²) >= 11 is 1.87. The second kappa shape index (κ2) is 6.44. The van der Waals surface area contributed by atoms with Crippen LogP contribution in [0.25, 0.3) is 0 Å². The minimum absolute atomic E-state index is 0.0773. The Labute approximate surface area is 119 Å². The van der Waals surface area contributed by atoms with Gasteiger partial charge in [-0.3, -0.25) is 4.79 Å². The first-order chi connectivity index (χ1) is 9.17. The molecule has 0 spiro atoms. The Morgan fingerprint density at radius 3 is 2.58 bits per heavy atom. The lowest BCUT2D eigenvalue weighted by atomic mass is 10.1. The second-order valence-corrected chi connectivity index (χ2v) is 6.47. The minimum Gasteiger partial charge on any atom is -0.353 e. The quantitative estimate of drug-likeness (QED) is 0.870. The molecular formula is C15H22N2OS. The molecular weight excluding hydrogens is 256 g/mol. The molecule has 1 aromatic rings. The van der Waals surface area contributed by atoms with Crippen LogP contribution in [0.1, 0.15) is 37.3 Å². The number of hydrogen-bond donors (Lipinski definition) is 2. The molecule has 0 heterocycles. The fourth-order valence-electron chi connectivity index (χ4n) is 2.64. The van der Waals surface area contributed by atoms with Crippen molar-refractivity contribution in [3.63, 3.8) is 0 Å². The van der Waals surface area contributed by atoms with Crippen LogP contribution in [0.4, 0.5) is 0 Å². The van der Waals surface area contributed by atoms with Crippen molar-refractivity contribution < 1.29 is 4.79 Å². The highest BCUT2D eigenvalue weighted by Gasteiger charge is 2.33. The number of nitrogens with two attached hydrogens (primary N) is 1. The summed E-state index contributed by atoms with van der Waals surface area (Å²) in [5, 5.41) is 3.03. The number of hydrogen-bond acceptors (Lipinski definition) is 3. The molecule has 0 aliphatic heterocycles. The molecule has 1 saturated carbocycles. The van der Waals surface area contributed by atoms with Crippen LogP contribution in [0.15, 0.2) is 30.3 Å². The molecule has 2 rings (SSSR count). The molecule has 0 unspecified atom stereocenters. The highest BCUT2D eigenvalue weighted by molar-refractivity contribution is 8.00. The maximum atomic E-state index is 12.1. The van der Waals surface area contributed by atoms with E-state index in [1.165, 1.54) is 25.7 Å². The Kier molecular flexibility index (Phi) is 4.88. The summed E-state index contributed by atoms with van der Waals surface area (Å²) < 4.78 is 0.228. The number of benzene rings is 1. The molecule has 3 nitrogen and oxygen atoms in total. The van der Waals surface area contributed by atoms with E-state index in [0.717, 1.165) is 12.1 Å². The predicted octanol–water partition coefficient (Wildman–Crippen LogP) is 2.48. The topological polar surface area (TPSA) is 55.1 Å². The maximum absolute atomic E-state index is 12.1. The zero-order valence-electron chi connectivity index (χ0n) is 11.4. The van der Waals surface area contributed by atoms with Crippen LogP contribution < -0.4 is 11.1 Å². The molecule has 1 atom stereocenters. The van der Waals surface area contributed by atoms with Gasteiger partial charge >= 0.3 is 0 Å². The summed E-state index contributed by atoms with van der Waals surface area (Å²) in [6.45, 7) is 0.730. The van der Waals surface area contributed by atoms with Gasteiger partial charge in [-0.25, -0.2) is 0 Å². The highest BCUT2D eigenvalue weighted by atomic mass is 32.2. The minimum atomic E-state index is -0.568. The molecule has 0 aromatic heterocycles. The molecule has 3 N–H and O–H groups in total. The first-order valence-corrected chi connectivity index (χ1v) is 8.03. The number of nitrogens with one attached hydrogen (secondary N) is 1. The molecule has 104 valence electrons. The third kappa shape index (κ3) is 3.51. The van der Waals surface area contributed by atoms with Gasteiger partial charge in [0.2, 0.25) is 5.91 Å². The van der Waals surface area contributed by atoms with Crippen molar-refractivity contribution in [3.05, 3.63) is 35.9 Å². The smallest absolute Gasteiger partial charge is 0.241 e. The van der Waals surface area contributed by atoms with Crippen LogP contribution in [0.3, 0.4) is 0 Å². The van der Waals surface area contributed by atoms with Gasteiger partial charge in [0.15, 0.2) is 0 Å². The van der Waals surface area contributed by atoms with E-state index in [0.29, 0.717) is 0 Å². The first-order valence-electron chi connectivity index (χ1n) is 6.80. The van der Waals surface area contributed by atoms with Crippen LogP contribution >= 0.6 is 11.8 Å². The van der Waals surface area contributed by atoms with Gasteiger partial charge in [0.25, 0.3) is 0 Å². The molecule has 1 fully saturated rings. The number of thioether (sulfide) groups is 1. The molecule has 1 amide bonds. The van der Waals surface area contributed by atoms with Crippen LogP contribution in [0, 0.1) is 0 Å². The third-order valence-electron chi connectivity index (χ3n) is 3.97. The van der Waals surface area contributed by atoms with Crippen molar-refractivity contribution >= 4 is 17.7 Å². The van der Waals surface area contributed by atoms with Crippen molar-refractivity contribution in [1.29, 1.82) is 0 Å². The summed E-state index contributed by atoms with van der Waals surface area (Å²) in [5.41, 5.74) is 6.85. The standard InChI is InChI=1S/C15H22N2OS/c1-19-15(9-5-6-10-15)11-17-14(18)13(16)12-7-3-2-4-8-12/h2-4,7-8,13H,5-6,9-11,16H2,1H3,(H,17,18)/t13-/m0/s1. The van der Waals surface area contributed by atoms with E-state index in [4.69, 9.17) is 5.73 Å². The predicted molar refractivity (Wildman–Crippen MR) is 81.1 cm³/mol. The number of rotatable bonds is 5. The normalized spacial score (nSPS) is 19.1. The molecule has 0 radical (unpaired) electrons. The zero-order chi connectivity index (χ0) is 13.7. The lowest BCUT2D eigenvalue weighted by Gasteiger charge is -2.27. The summed E-state index contributed by atoms with van der Waals surface area (Å²) in [4.78, 5) is 12.1. The number of carbonyl (C=O) groups excluding carboxylic acids is 1. The Bertz CT molecular complexity index is 415. The Balaban J connectivity index is 1.91. The lowest BCUT2D eigenvalue weighted by Crippen LogP contribution is -2.42. The molecule has 1 aliphatic carbocycles. The Morgan fingerprint density at radius 1 is 1.37 bits per heavy atom. The van der Waals surface area contributed by atoms with E-state index in [1.54, 1.807) is 0 Å². The fourth-order valence-corrected chi connectivity index (χ4v) is 3.56. The van der Waals surface area contributed by atoms with Crippen LogP contribution in [-0.4, -0.2) is 23.5 Å². The average molecular weight is 278 g/mol. The van der Waals surface area contributed by atoms with Gasteiger partial charge in [-0.1, -0.05) is 43.2 Å². The molecule has 0 bridgehead atoms. The third-order valence-corrected chi connectivity index (χ3v) is 5.39. The molecule has 1 aromatic carbocycles. The summed E-state index contributed by atoms with van der Waals surface area (Å²) in [6, 6.07) is 8.96. The zero-order valence-corrected chi connectivity index (χ0v) is 12.2. The van der Waals surface area contributed by atoms with Gasteiger partial charge in [-0.15, -0.1) is 0 Å². The van der Waals surface area contributed by atoms with E-state index < -0.39 is 6.04 Å². The van der Waals surface area contributed by atoms with E-state index in [1.807, 2.05) is 42.1 Å². The summed E-state index contributed by atoms with van der Waals surface area (Å²) in [5.74, 6) is -0.0773. The Morgan fingerprint density at radius 2 is 2.00 bits per heavy atom. The van der Waals surface area contributed by atoms with Crippen LogP contribution in [0.2, 0.25) is 0 Å². The van der Waals surface area contributed by atoms with E-state index in [2.05, 4.69) is 11.6 Å². The van der Waals surface area contributed by atoms with Gasteiger partial charge in [-0.2, -0.15) is 11.8 Å². The largest absolute Gasteiger partial charge is 0.353 e.